The van der Waals surface area contributed by atoms with Crippen molar-refractivity contribution in [2.75, 3.05) is 25.4 Å². The molecule has 0 aliphatic carbocycles. The van der Waals surface area contributed by atoms with Crippen LogP contribution in [0.4, 0.5) is 5.69 Å². The Morgan fingerprint density at radius 1 is 1.44 bits per heavy atom. The predicted octanol–water partition coefficient (Wildman–Crippen LogP) is 1.19. The molecular formula is C13H26N4O. The maximum atomic E-state index is 10.1. The van der Waals surface area contributed by atoms with Gasteiger partial charge in [0.2, 0.25) is 0 Å². The van der Waals surface area contributed by atoms with Crippen molar-refractivity contribution in [2.24, 2.45) is 5.92 Å². The summed E-state index contributed by atoms with van der Waals surface area (Å²) < 4.78 is 1.69. The van der Waals surface area contributed by atoms with Crippen molar-refractivity contribution in [3.63, 3.8) is 0 Å². The van der Waals surface area contributed by atoms with Crippen LogP contribution in [0.2, 0.25) is 0 Å². The number of anilines is 1. The zero-order valence-corrected chi connectivity index (χ0v) is 11.7. The third-order valence-corrected chi connectivity index (χ3v) is 3.23. The second kappa shape index (κ2) is 7.38. The molecule has 0 radical (unpaired) electrons. The van der Waals surface area contributed by atoms with Crippen LogP contribution < -0.4 is 5.73 Å². The maximum absolute atomic E-state index is 10.1. The molecule has 5 nitrogen and oxygen atoms in total. The summed E-state index contributed by atoms with van der Waals surface area (Å²) in [5, 5.41) is 14.1. The van der Waals surface area contributed by atoms with Gasteiger partial charge in [-0.15, -0.1) is 0 Å². The molecule has 2 atom stereocenters. The lowest BCUT2D eigenvalue weighted by Gasteiger charge is -2.26. The summed E-state index contributed by atoms with van der Waals surface area (Å²) in [6.45, 7) is 9.73. The Morgan fingerprint density at radius 3 is 2.67 bits per heavy atom. The Hall–Kier alpha value is -1.07. The van der Waals surface area contributed by atoms with Crippen LogP contribution in [0.15, 0.2) is 12.4 Å². The number of aliphatic hydroxyl groups is 1. The van der Waals surface area contributed by atoms with Gasteiger partial charge >= 0.3 is 0 Å². The second-order valence-corrected chi connectivity index (χ2v) is 5.02. The molecule has 5 heteroatoms. The largest absolute Gasteiger partial charge is 0.396 e. The topological polar surface area (TPSA) is 67.3 Å². The van der Waals surface area contributed by atoms with Crippen molar-refractivity contribution in [2.45, 2.75) is 39.8 Å². The van der Waals surface area contributed by atoms with Gasteiger partial charge in [-0.05, 0) is 12.5 Å². The van der Waals surface area contributed by atoms with Gasteiger partial charge in [0.25, 0.3) is 0 Å². The molecule has 0 aliphatic rings. The molecule has 0 aromatic carbocycles. The number of hydrogen-bond donors (Lipinski definition) is 2. The van der Waals surface area contributed by atoms with Gasteiger partial charge in [-0.2, -0.15) is 5.10 Å². The molecule has 0 bridgehead atoms. The van der Waals surface area contributed by atoms with Gasteiger partial charge in [0, 0.05) is 19.3 Å². The Labute approximate surface area is 110 Å². The minimum absolute atomic E-state index is 0.409. The van der Waals surface area contributed by atoms with Gasteiger partial charge in [-0.3, -0.25) is 4.68 Å². The highest BCUT2D eigenvalue weighted by molar-refractivity contribution is 5.30. The first kappa shape index (κ1) is 15.0. The van der Waals surface area contributed by atoms with Crippen LogP contribution in [0, 0.1) is 5.92 Å². The van der Waals surface area contributed by atoms with Gasteiger partial charge in [0.15, 0.2) is 0 Å². The minimum Gasteiger partial charge on any atom is -0.396 e. The highest BCUT2D eigenvalue weighted by Crippen LogP contribution is 2.06. The SMILES string of the molecule is CCC(C)CN(CC)CC(O)Cn1cc(N)cn1. The van der Waals surface area contributed by atoms with E-state index in [1.54, 1.807) is 17.1 Å². The van der Waals surface area contributed by atoms with Crippen LogP contribution in [-0.4, -0.2) is 45.5 Å². The van der Waals surface area contributed by atoms with E-state index in [0.717, 1.165) is 13.1 Å². The standard InChI is InChI=1S/C13H26N4O/c1-4-11(3)7-16(5-2)9-13(18)10-17-8-12(14)6-15-17/h6,8,11,13,18H,4-5,7,9-10,14H2,1-3H3. The molecule has 1 heterocycles. The highest BCUT2D eigenvalue weighted by atomic mass is 16.3. The first-order chi connectivity index (χ1) is 8.55. The number of hydrogen-bond acceptors (Lipinski definition) is 4. The summed E-state index contributed by atoms with van der Waals surface area (Å²) in [5.41, 5.74) is 6.22. The number of aromatic nitrogens is 2. The fourth-order valence-corrected chi connectivity index (χ4v) is 1.95. The van der Waals surface area contributed by atoms with Crippen LogP contribution in [0.1, 0.15) is 27.2 Å². The molecule has 18 heavy (non-hydrogen) atoms. The fourth-order valence-electron chi connectivity index (χ4n) is 1.95. The normalized spacial score (nSPS) is 14.9. The van der Waals surface area contributed by atoms with E-state index in [2.05, 4.69) is 30.8 Å². The maximum Gasteiger partial charge on any atom is 0.0862 e. The zero-order chi connectivity index (χ0) is 13.5. The number of nitrogen functional groups attached to an aromatic ring is 1. The summed E-state index contributed by atoms with van der Waals surface area (Å²) in [7, 11) is 0. The molecule has 0 amide bonds. The quantitative estimate of drug-likeness (QED) is 0.731. The van der Waals surface area contributed by atoms with E-state index in [0.29, 0.717) is 24.7 Å². The van der Waals surface area contributed by atoms with Gasteiger partial charge in [0.05, 0.1) is 24.5 Å². The van der Waals surface area contributed by atoms with Crippen LogP contribution in [0.25, 0.3) is 0 Å². The monoisotopic (exact) mass is 254 g/mol. The summed E-state index contributed by atoms with van der Waals surface area (Å²) >= 11 is 0. The molecule has 1 rings (SSSR count). The average molecular weight is 254 g/mol. The van der Waals surface area contributed by atoms with Gasteiger partial charge < -0.3 is 15.7 Å². The fraction of sp³-hybridized carbons (Fsp3) is 0.769. The zero-order valence-electron chi connectivity index (χ0n) is 11.7. The third-order valence-electron chi connectivity index (χ3n) is 3.23. The van der Waals surface area contributed by atoms with Crippen LogP contribution in [0.3, 0.4) is 0 Å². The van der Waals surface area contributed by atoms with E-state index in [1.807, 2.05) is 0 Å². The lowest BCUT2D eigenvalue weighted by Crippen LogP contribution is -2.37. The highest BCUT2D eigenvalue weighted by Gasteiger charge is 2.13. The average Bonchev–Trinajstić information content (AvgIpc) is 2.73. The van der Waals surface area contributed by atoms with E-state index >= 15 is 0 Å². The summed E-state index contributed by atoms with van der Waals surface area (Å²) in [6, 6.07) is 0. The van der Waals surface area contributed by atoms with Gasteiger partial charge in [-0.1, -0.05) is 27.2 Å². The lowest BCUT2D eigenvalue weighted by molar-refractivity contribution is 0.0904. The van der Waals surface area contributed by atoms with Crippen molar-refractivity contribution in [3.05, 3.63) is 12.4 Å². The molecule has 2 unspecified atom stereocenters. The van der Waals surface area contributed by atoms with Crippen LogP contribution in [0.5, 0.6) is 0 Å². The minimum atomic E-state index is -0.409. The first-order valence-corrected chi connectivity index (χ1v) is 6.73. The predicted molar refractivity (Wildman–Crippen MR) is 74.2 cm³/mol. The molecule has 1 aromatic rings. The molecule has 1 aromatic heterocycles. The Balaban J connectivity index is 2.39. The number of aliphatic hydroxyl groups excluding tert-OH is 1. The smallest absolute Gasteiger partial charge is 0.0862 e. The molecule has 0 spiro atoms. The van der Waals surface area contributed by atoms with E-state index in [-0.39, 0.29) is 0 Å². The molecule has 0 saturated carbocycles. The van der Waals surface area contributed by atoms with E-state index in [1.165, 1.54) is 6.42 Å². The Bertz CT molecular complexity index is 339. The molecular weight excluding hydrogens is 228 g/mol. The summed E-state index contributed by atoms with van der Waals surface area (Å²) in [5.74, 6) is 0.664. The number of nitrogens with two attached hydrogens (primary N) is 1. The first-order valence-electron chi connectivity index (χ1n) is 6.73. The van der Waals surface area contributed by atoms with E-state index in [4.69, 9.17) is 5.73 Å². The van der Waals surface area contributed by atoms with E-state index < -0.39 is 6.10 Å². The van der Waals surface area contributed by atoms with Crippen molar-refractivity contribution < 1.29 is 5.11 Å². The number of nitrogens with zero attached hydrogens (tertiary/aromatic N) is 3. The molecule has 0 saturated heterocycles. The van der Waals surface area contributed by atoms with Crippen LogP contribution in [-0.2, 0) is 6.54 Å². The summed E-state index contributed by atoms with van der Waals surface area (Å²) in [4.78, 5) is 2.28. The molecule has 104 valence electrons. The molecule has 0 fully saturated rings. The Kier molecular flexibility index (Phi) is 6.15. The molecule has 0 aliphatic heterocycles. The van der Waals surface area contributed by atoms with Crippen LogP contribution >= 0.6 is 0 Å². The van der Waals surface area contributed by atoms with Gasteiger partial charge in [0.1, 0.15) is 0 Å². The number of likely N-dealkylation sites (N-methyl/N-ethyl adjacent to an activating group) is 1. The molecule has 3 N–H and O–H groups in total. The van der Waals surface area contributed by atoms with Crippen molar-refractivity contribution in [1.29, 1.82) is 0 Å². The summed E-state index contributed by atoms with van der Waals surface area (Å²) in [6.07, 6.45) is 4.10. The Morgan fingerprint density at radius 2 is 2.17 bits per heavy atom. The third kappa shape index (κ3) is 5.06. The van der Waals surface area contributed by atoms with Crippen molar-refractivity contribution >= 4 is 5.69 Å². The van der Waals surface area contributed by atoms with Crippen molar-refractivity contribution in [3.8, 4) is 0 Å². The van der Waals surface area contributed by atoms with E-state index in [9.17, 15) is 5.11 Å². The lowest BCUT2D eigenvalue weighted by atomic mass is 10.1. The number of rotatable bonds is 8. The second-order valence-electron chi connectivity index (χ2n) is 5.02. The van der Waals surface area contributed by atoms with Crippen molar-refractivity contribution in [1.82, 2.24) is 14.7 Å². The van der Waals surface area contributed by atoms with Gasteiger partial charge in [-0.25, -0.2) is 0 Å².